The lowest BCUT2D eigenvalue weighted by Gasteiger charge is -2.20. The smallest absolute Gasteiger partial charge is 0.255 e. The van der Waals surface area contributed by atoms with E-state index in [0.29, 0.717) is 23.1 Å². The van der Waals surface area contributed by atoms with E-state index in [4.69, 9.17) is 5.84 Å². The number of rotatable bonds is 3. The van der Waals surface area contributed by atoms with Gasteiger partial charge in [0.1, 0.15) is 0 Å². The van der Waals surface area contributed by atoms with Crippen molar-refractivity contribution in [2.45, 2.75) is 39.7 Å². The van der Waals surface area contributed by atoms with Crippen LogP contribution in [0.3, 0.4) is 0 Å². The Labute approximate surface area is 114 Å². The van der Waals surface area contributed by atoms with E-state index >= 15 is 0 Å². The molecule has 1 aromatic heterocycles. The summed E-state index contributed by atoms with van der Waals surface area (Å²) in [5.74, 6) is 6.52. The Morgan fingerprint density at radius 3 is 2.74 bits per heavy atom. The molecule has 3 atom stereocenters. The van der Waals surface area contributed by atoms with Crippen LogP contribution in [0.4, 0.5) is 5.69 Å². The molecule has 5 heteroatoms. The summed E-state index contributed by atoms with van der Waals surface area (Å²) in [7, 11) is 0. The van der Waals surface area contributed by atoms with Crippen LogP contribution >= 0.6 is 0 Å². The molecule has 1 amide bonds. The van der Waals surface area contributed by atoms with Crippen LogP contribution in [0.5, 0.6) is 0 Å². The van der Waals surface area contributed by atoms with Crippen molar-refractivity contribution in [2.24, 2.45) is 17.7 Å². The topological polar surface area (TPSA) is 80.0 Å². The molecule has 19 heavy (non-hydrogen) atoms. The first-order valence-corrected chi connectivity index (χ1v) is 6.77. The molecular weight excluding hydrogens is 240 g/mol. The van der Waals surface area contributed by atoms with Gasteiger partial charge in [-0.2, -0.15) is 0 Å². The number of carbonyl (C=O) groups excluding carboxylic acids is 1. The molecule has 1 aliphatic carbocycles. The van der Waals surface area contributed by atoms with Gasteiger partial charge in [-0.15, -0.1) is 0 Å². The van der Waals surface area contributed by atoms with Gasteiger partial charge < -0.3 is 10.7 Å². The van der Waals surface area contributed by atoms with Gasteiger partial charge >= 0.3 is 0 Å². The van der Waals surface area contributed by atoms with E-state index in [-0.39, 0.29) is 11.9 Å². The molecule has 1 fully saturated rings. The van der Waals surface area contributed by atoms with E-state index in [9.17, 15) is 4.79 Å². The van der Waals surface area contributed by atoms with Gasteiger partial charge in [0.2, 0.25) is 0 Å². The number of nitrogens with zero attached hydrogens (tertiary/aromatic N) is 1. The molecule has 2 rings (SSSR count). The number of aryl methyl sites for hydroxylation is 1. The van der Waals surface area contributed by atoms with E-state index in [1.165, 1.54) is 6.42 Å². The zero-order valence-electron chi connectivity index (χ0n) is 11.7. The minimum Gasteiger partial charge on any atom is -0.349 e. The van der Waals surface area contributed by atoms with Crippen LogP contribution in [0.25, 0.3) is 0 Å². The predicted molar refractivity (Wildman–Crippen MR) is 75.6 cm³/mol. The van der Waals surface area contributed by atoms with Gasteiger partial charge in [-0.3, -0.25) is 15.6 Å². The largest absolute Gasteiger partial charge is 0.349 e. The van der Waals surface area contributed by atoms with Crippen molar-refractivity contribution < 1.29 is 4.79 Å². The Morgan fingerprint density at radius 1 is 1.42 bits per heavy atom. The van der Waals surface area contributed by atoms with Crippen LogP contribution in [-0.2, 0) is 0 Å². The summed E-state index contributed by atoms with van der Waals surface area (Å²) < 4.78 is 0. The van der Waals surface area contributed by atoms with Gasteiger partial charge in [-0.1, -0.05) is 13.8 Å². The molecule has 4 N–H and O–H groups in total. The molecule has 1 heterocycles. The first kappa shape index (κ1) is 13.8. The van der Waals surface area contributed by atoms with Crippen molar-refractivity contribution in [1.82, 2.24) is 10.3 Å². The Balaban J connectivity index is 2.12. The van der Waals surface area contributed by atoms with E-state index in [1.807, 2.05) is 6.92 Å². The molecular formula is C14H22N4O. The minimum atomic E-state index is -0.105. The highest BCUT2D eigenvalue weighted by molar-refractivity contribution is 5.99. The van der Waals surface area contributed by atoms with Gasteiger partial charge in [-0.25, -0.2) is 0 Å². The maximum Gasteiger partial charge on any atom is 0.255 e. The Morgan fingerprint density at radius 2 is 2.16 bits per heavy atom. The van der Waals surface area contributed by atoms with Crippen molar-refractivity contribution in [2.75, 3.05) is 5.43 Å². The molecule has 0 aliphatic heterocycles. The fourth-order valence-corrected chi connectivity index (χ4v) is 2.67. The minimum absolute atomic E-state index is 0.105. The normalized spacial score (nSPS) is 26.2. The molecule has 0 radical (unpaired) electrons. The molecule has 0 spiro atoms. The quantitative estimate of drug-likeness (QED) is 0.573. The number of hydrogen-bond acceptors (Lipinski definition) is 4. The fraction of sp³-hybridized carbons (Fsp3) is 0.571. The van der Waals surface area contributed by atoms with Gasteiger partial charge in [0.15, 0.2) is 0 Å². The van der Waals surface area contributed by atoms with Gasteiger partial charge in [0.05, 0.1) is 11.3 Å². The third-order valence-corrected chi connectivity index (χ3v) is 4.22. The average molecular weight is 262 g/mol. The zero-order chi connectivity index (χ0) is 14.0. The average Bonchev–Trinajstić information content (AvgIpc) is 2.70. The molecule has 1 saturated carbocycles. The molecule has 1 aromatic rings. The molecule has 0 aromatic carbocycles. The standard InChI is InChI=1S/C14H22N4O/c1-8-4-5-12(10(8)3)17-14(19)11-7-16-9(2)6-13(11)18-15/h6-8,10,12H,4-5,15H2,1-3H3,(H,16,18)(H,17,19). The van der Waals surface area contributed by atoms with Crippen LogP contribution < -0.4 is 16.6 Å². The highest BCUT2D eigenvalue weighted by Crippen LogP contribution is 2.31. The van der Waals surface area contributed by atoms with Crippen LogP contribution in [0.1, 0.15) is 42.7 Å². The Bertz CT molecular complexity index is 475. The monoisotopic (exact) mass is 262 g/mol. The molecule has 5 nitrogen and oxygen atoms in total. The maximum absolute atomic E-state index is 12.3. The number of nitrogens with two attached hydrogens (primary N) is 1. The lowest BCUT2D eigenvalue weighted by atomic mass is 9.97. The van der Waals surface area contributed by atoms with Gasteiger partial charge in [-0.05, 0) is 37.7 Å². The Kier molecular flexibility index (Phi) is 4.04. The highest BCUT2D eigenvalue weighted by atomic mass is 16.1. The number of amides is 1. The summed E-state index contributed by atoms with van der Waals surface area (Å²) in [5.41, 5.74) is 4.50. The van der Waals surface area contributed by atoms with E-state index in [2.05, 4.69) is 29.6 Å². The van der Waals surface area contributed by atoms with Crippen molar-refractivity contribution in [3.05, 3.63) is 23.5 Å². The summed E-state index contributed by atoms with van der Waals surface area (Å²) in [6, 6.07) is 2.02. The summed E-state index contributed by atoms with van der Waals surface area (Å²) in [5, 5.41) is 3.10. The predicted octanol–water partition coefficient (Wildman–Crippen LogP) is 1.84. The van der Waals surface area contributed by atoms with E-state index in [1.54, 1.807) is 12.3 Å². The number of nitrogen functional groups attached to an aromatic ring is 1. The maximum atomic E-state index is 12.3. The SMILES string of the molecule is Cc1cc(NN)c(C(=O)NC2CCC(C)C2C)cn1. The lowest BCUT2D eigenvalue weighted by molar-refractivity contribution is 0.0928. The van der Waals surface area contributed by atoms with Crippen LogP contribution in [0.2, 0.25) is 0 Å². The Hall–Kier alpha value is -1.62. The first-order chi connectivity index (χ1) is 9.02. The van der Waals surface area contributed by atoms with Crippen molar-refractivity contribution in [3.8, 4) is 0 Å². The molecule has 3 unspecified atom stereocenters. The van der Waals surface area contributed by atoms with Crippen LogP contribution in [-0.4, -0.2) is 16.9 Å². The molecule has 0 saturated heterocycles. The van der Waals surface area contributed by atoms with E-state index in [0.717, 1.165) is 12.1 Å². The zero-order valence-corrected chi connectivity index (χ0v) is 11.7. The number of nitrogens with one attached hydrogen (secondary N) is 2. The third-order valence-electron chi connectivity index (χ3n) is 4.22. The van der Waals surface area contributed by atoms with Crippen LogP contribution in [0, 0.1) is 18.8 Å². The summed E-state index contributed by atoms with van der Waals surface area (Å²) in [4.78, 5) is 16.5. The van der Waals surface area contributed by atoms with E-state index < -0.39 is 0 Å². The summed E-state index contributed by atoms with van der Waals surface area (Å²) in [6.45, 7) is 6.29. The molecule has 0 bridgehead atoms. The number of carbonyl (C=O) groups is 1. The molecule has 104 valence electrons. The summed E-state index contributed by atoms with van der Waals surface area (Å²) >= 11 is 0. The first-order valence-electron chi connectivity index (χ1n) is 6.77. The second-order valence-electron chi connectivity index (χ2n) is 5.51. The summed E-state index contributed by atoms with van der Waals surface area (Å²) in [6.07, 6.45) is 3.78. The van der Waals surface area contributed by atoms with Crippen molar-refractivity contribution in [1.29, 1.82) is 0 Å². The van der Waals surface area contributed by atoms with Crippen LogP contribution in [0.15, 0.2) is 12.3 Å². The second-order valence-corrected chi connectivity index (χ2v) is 5.51. The van der Waals surface area contributed by atoms with Crippen molar-refractivity contribution >= 4 is 11.6 Å². The highest BCUT2D eigenvalue weighted by Gasteiger charge is 2.31. The third kappa shape index (κ3) is 2.87. The molecule has 1 aliphatic rings. The van der Waals surface area contributed by atoms with Crippen molar-refractivity contribution in [3.63, 3.8) is 0 Å². The number of pyridine rings is 1. The van der Waals surface area contributed by atoms with Gasteiger partial charge in [0, 0.05) is 17.9 Å². The lowest BCUT2D eigenvalue weighted by Crippen LogP contribution is -2.37. The fourth-order valence-electron chi connectivity index (χ4n) is 2.67. The number of aromatic nitrogens is 1. The number of hydrazine groups is 1. The number of anilines is 1. The number of hydrogen-bond donors (Lipinski definition) is 3. The second kappa shape index (κ2) is 5.57. The van der Waals surface area contributed by atoms with Gasteiger partial charge in [0.25, 0.3) is 5.91 Å².